The summed E-state index contributed by atoms with van der Waals surface area (Å²) in [5.41, 5.74) is 0.0776. The molecule has 1 aliphatic heterocycles. The fourth-order valence-corrected chi connectivity index (χ4v) is 2.32. The molecule has 1 fully saturated rings. The summed E-state index contributed by atoms with van der Waals surface area (Å²) in [6.45, 7) is 2.47. The van der Waals surface area contributed by atoms with Crippen LogP contribution in [0.1, 0.15) is 18.9 Å². The first-order chi connectivity index (χ1) is 8.45. The second kappa shape index (κ2) is 4.65. The van der Waals surface area contributed by atoms with Gasteiger partial charge >= 0.3 is 5.97 Å². The molecule has 3 nitrogen and oxygen atoms in total. The molecule has 1 aromatic rings. The molecular weight excluding hydrogens is 242 g/mol. The number of rotatable bonds is 4. The molecule has 5 heteroatoms. The molecule has 1 atom stereocenters. The number of aliphatic carboxylic acids is 1. The quantitative estimate of drug-likeness (QED) is 0.899. The van der Waals surface area contributed by atoms with Crippen molar-refractivity contribution in [3.8, 4) is 0 Å². The van der Waals surface area contributed by atoms with Gasteiger partial charge in [-0.05, 0) is 23.6 Å². The van der Waals surface area contributed by atoms with E-state index in [1.165, 1.54) is 6.07 Å². The number of benzene rings is 1. The third-order valence-corrected chi connectivity index (χ3v) is 3.64. The van der Waals surface area contributed by atoms with Crippen LogP contribution in [-0.4, -0.2) is 24.3 Å². The average molecular weight is 256 g/mol. The fourth-order valence-electron chi connectivity index (χ4n) is 2.32. The molecule has 0 aliphatic carbocycles. The third kappa shape index (κ3) is 2.10. The molecule has 0 bridgehead atoms. The number of hydrogen-bond acceptors (Lipinski definition) is 2. The van der Waals surface area contributed by atoms with Crippen molar-refractivity contribution in [2.75, 3.05) is 13.2 Å². The van der Waals surface area contributed by atoms with Gasteiger partial charge in [0.15, 0.2) is 11.6 Å². The minimum atomic E-state index is -0.915. The molecular formula is C13H14F2O3. The summed E-state index contributed by atoms with van der Waals surface area (Å²) in [5, 5.41) is 8.84. The van der Waals surface area contributed by atoms with Crippen LogP contribution in [0.3, 0.4) is 0 Å². The first-order valence-corrected chi connectivity index (χ1v) is 5.71. The van der Waals surface area contributed by atoms with Crippen molar-refractivity contribution < 1.29 is 23.4 Å². The van der Waals surface area contributed by atoms with E-state index in [2.05, 4.69) is 0 Å². The second-order valence-corrected chi connectivity index (χ2v) is 4.78. The molecule has 0 aromatic heterocycles. The predicted molar refractivity (Wildman–Crippen MR) is 60.3 cm³/mol. The highest BCUT2D eigenvalue weighted by atomic mass is 19.2. The Morgan fingerprint density at radius 3 is 2.56 bits per heavy atom. The Morgan fingerprint density at radius 1 is 1.44 bits per heavy atom. The zero-order valence-electron chi connectivity index (χ0n) is 9.95. The number of carbonyl (C=O) groups is 1. The predicted octanol–water partition coefficient (Wildman–Crippen LogP) is 2.34. The van der Waals surface area contributed by atoms with E-state index in [1.54, 1.807) is 6.92 Å². The monoisotopic (exact) mass is 256 g/mol. The molecule has 1 aromatic carbocycles. The Kier molecular flexibility index (Phi) is 3.34. The number of hydrogen-bond donors (Lipinski definition) is 1. The van der Waals surface area contributed by atoms with Crippen LogP contribution < -0.4 is 0 Å². The van der Waals surface area contributed by atoms with Crippen LogP contribution in [-0.2, 0) is 14.9 Å². The maximum atomic E-state index is 13.3. The maximum absolute atomic E-state index is 13.3. The van der Waals surface area contributed by atoms with Crippen molar-refractivity contribution in [3.05, 3.63) is 35.4 Å². The Bertz CT molecular complexity index is 469. The summed E-state index contributed by atoms with van der Waals surface area (Å²) in [6.07, 6.45) is -0.0254. The Morgan fingerprint density at radius 2 is 2.11 bits per heavy atom. The van der Waals surface area contributed by atoms with E-state index >= 15 is 0 Å². The number of ether oxygens (including phenoxy) is 1. The van der Waals surface area contributed by atoms with Gasteiger partial charge in [-0.15, -0.1) is 0 Å². The highest BCUT2D eigenvalue weighted by molar-refractivity contribution is 5.67. The summed E-state index contributed by atoms with van der Waals surface area (Å²) in [7, 11) is 0. The molecule has 0 radical (unpaired) electrons. The number of carboxylic acid groups (broad SMARTS) is 1. The lowest BCUT2D eigenvalue weighted by atomic mass is 9.68. The van der Waals surface area contributed by atoms with Crippen LogP contribution in [0, 0.1) is 17.6 Å². The molecule has 1 saturated heterocycles. The van der Waals surface area contributed by atoms with E-state index in [-0.39, 0.29) is 12.3 Å². The van der Waals surface area contributed by atoms with Crippen LogP contribution in [0.5, 0.6) is 0 Å². The van der Waals surface area contributed by atoms with Gasteiger partial charge in [-0.2, -0.15) is 0 Å². The number of carboxylic acids is 1. The van der Waals surface area contributed by atoms with Gasteiger partial charge in [-0.3, -0.25) is 4.79 Å². The molecule has 1 heterocycles. The molecule has 1 N–H and O–H groups in total. The second-order valence-electron chi connectivity index (χ2n) is 4.78. The molecule has 0 amide bonds. The van der Waals surface area contributed by atoms with E-state index in [0.29, 0.717) is 18.8 Å². The van der Waals surface area contributed by atoms with Crippen molar-refractivity contribution >= 4 is 5.97 Å². The van der Waals surface area contributed by atoms with E-state index in [0.717, 1.165) is 12.1 Å². The summed E-state index contributed by atoms with van der Waals surface area (Å²) in [5.74, 6) is -2.92. The normalized spacial score (nSPS) is 19.1. The van der Waals surface area contributed by atoms with Crippen LogP contribution in [0.15, 0.2) is 18.2 Å². The van der Waals surface area contributed by atoms with Gasteiger partial charge in [0.25, 0.3) is 0 Å². The largest absolute Gasteiger partial charge is 0.481 e. The third-order valence-electron chi connectivity index (χ3n) is 3.64. The lowest BCUT2D eigenvalue weighted by Gasteiger charge is -2.46. The van der Waals surface area contributed by atoms with E-state index in [1.807, 2.05) is 0 Å². The van der Waals surface area contributed by atoms with Gasteiger partial charge < -0.3 is 9.84 Å². The van der Waals surface area contributed by atoms with Crippen LogP contribution >= 0.6 is 0 Å². The summed E-state index contributed by atoms with van der Waals surface area (Å²) >= 11 is 0. The SMILES string of the molecule is CC(CC(=O)O)C1(c2ccc(F)c(F)c2)COC1. The standard InChI is InChI=1S/C13H14F2O3/c1-8(4-12(16)17)13(6-18-7-13)9-2-3-10(14)11(15)5-9/h2-3,5,8H,4,6-7H2,1H3,(H,16,17). The first-order valence-electron chi connectivity index (χ1n) is 5.71. The maximum Gasteiger partial charge on any atom is 0.303 e. The van der Waals surface area contributed by atoms with E-state index in [9.17, 15) is 13.6 Å². The zero-order valence-corrected chi connectivity index (χ0v) is 9.95. The highest BCUT2D eigenvalue weighted by Gasteiger charge is 2.45. The summed E-state index contributed by atoms with van der Waals surface area (Å²) in [4.78, 5) is 10.8. The van der Waals surface area contributed by atoms with Crippen molar-refractivity contribution in [1.82, 2.24) is 0 Å². The van der Waals surface area contributed by atoms with Gasteiger partial charge in [0.05, 0.1) is 13.2 Å². The van der Waals surface area contributed by atoms with Crippen LogP contribution in [0.4, 0.5) is 8.78 Å². The lowest BCUT2D eigenvalue weighted by molar-refractivity contribution is -0.142. The van der Waals surface area contributed by atoms with Crippen LogP contribution in [0.25, 0.3) is 0 Å². The molecule has 1 unspecified atom stereocenters. The van der Waals surface area contributed by atoms with Gasteiger partial charge in [0, 0.05) is 11.8 Å². The first kappa shape index (κ1) is 13.0. The smallest absolute Gasteiger partial charge is 0.303 e. The highest BCUT2D eigenvalue weighted by Crippen LogP contribution is 2.41. The molecule has 0 saturated carbocycles. The Balaban J connectivity index is 2.31. The minimum Gasteiger partial charge on any atom is -0.481 e. The molecule has 1 aliphatic rings. The fraction of sp³-hybridized carbons (Fsp3) is 0.462. The molecule has 98 valence electrons. The average Bonchev–Trinajstić information content (AvgIpc) is 2.20. The summed E-state index contributed by atoms with van der Waals surface area (Å²) < 4.78 is 31.3. The van der Waals surface area contributed by atoms with Crippen LogP contribution in [0.2, 0.25) is 0 Å². The Hall–Kier alpha value is -1.49. The lowest BCUT2D eigenvalue weighted by Crippen LogP contribution is -2.52. The molecule has 18 heavy (non-hydrogen) atoms. The molecule has 0 spiro atoms. The van der Waals surface area contributed by atoms with Gasteiger partial charge in [0.1, 0.15) is 0 Å². The van der Waals surface area contributed by atoms with Crippen molar-refractivity contribution in [2.45, 2.75) is 18.8 Å². The van der Waals surface area contributed by atoms with Gasteiger partial charge in [-0.1, -0.05) is 13.0 Å². The topological polar surface area (TPSA) is 46.5 Å². The molecule has 2 rings (SSSR count). The van der Waals surface area contributed by atoms with Crippen molar-refractivity contribution in [2.24, 2.45) is 5.92 Å². The Labute approximate surface area is 103 Å². The van der Waals surface area contributed by atoms with Gasteiger partial charge in [0.2, 0.25) is 0 Å². The minimum absolute atomic E-state index is 0.0254. The van der Waals surface area contributed by atoms with Gasteiger partial charge in [-0.25, -0.2) is 8.78 Å². The van der Waals surface area contributed by atoms with E-state index in [4.69, 9.17) is 9.84 Å². The van der Waals surface area contributed by atoms with E-state index < -0.39 is 23.0 Å². The van der Waals surface area contributed by atoms with Crippen molar-refractivity contribution in [3.63, 3.8) is 0 Å². The van der Waals surface area contributed by atoms with Crippen molar-refractivity contribution in [1.29, 1.82) is 0 Å². The summed E-state index contributed by atoms with van der Waals surface area (Å²) in [6, 6.07) is 3.70. The number of halogens is 2. The zero-order chi connectivity index (χ0) is 13.3.